The quantitative estimate of drug-likeness (QED) is 0.805. The van der Waals surface area contributed by atoms with Gasteiger partial charge in [0.1, 0.15) is 5.01 Å². The Balaban J connectivity index is 1.91. The van der Waals surface area contributed by atoms with Crippen LogP contribution in [-0.2, 0) is 16.1 Å². The predicted octanol–water partition coefficient (Wildman–Crippen LogP) is 0.689. The Bertz CT molecular complexity index is 444. The van der Waals surface area contributed by atoms with Gasteiger partial charge in [-0.3, -0.25) is 19.8 Å². The number of imide groups is 1. The van der Waals surface area contributed by atoms with Gasteiger partial charge in [-0.2, -0.15) is 0 Å². The lowest BCUT2D eigenvalue weighted by molar-refractivity contribution is -0.148. The summed E-state index contributed by atoms with van der Waals surface area (Å²) in [4.78, 5) is 28.6. The number of nitrogens with zero attached hydrogens (tertiary/aromatic N) is 2. The summed E-state index contributed by atoms with van der Waals surface area (Å²) in [6.07, 6.45) is 1.00. The Morgan fingerprint density at radius 3 is 3.00 bits per heavy atom. The summed E-state index contributed by atoms with van der Waals surface area (Å²) in [5.74, 6) is -0.243. The van der Waals surface area contributed by atoms with Crippen molar-refractivity contribution in [3.8, 4) is 0 Å². The molecule has 1 unspecified atom stereocenters. The number of carbonyl (C=O) groups is 2. The summed E-state index contributed by atoms with van der Waals surface area (Å²) in [7, 11) is 1.53. The molecule has 0 spiro atoms. The lowest BCUT2D eigenvalue weighted by Crippen LogP contribution is -2.51. The SMILES string of the molecule is Cc1csc(CNC2CCC(=O)N(C)C2=O)n1. The molecular formula is C11H15N3O2S. The minimum Gasteiger partial charge on any atom is -0.299 e. The molecule has 0 radical (unpaired) electrons. The fraction of sp³-hybridized carbons (Fsp3) is 0.545. The molecule has 92 valence electrons. The molecule has 1 aromatic heterocycles. The molecule has 17 heavy (non-hydrogen) atoms. The number of amides is 2. The Morgan fingerprint density at radius 2 is 2.35 bits per heavy atom. The normalized spacial score (nSPS) is 21.1. The van der Waals surface area contributed by atoms with Crippen LogP contribution in [0.5, 0.6) is 0 Å². The lowest BCUT2D eigenvalue weighted by Gasteiger charge is -2.28. The van der Waals surface area contributed by atoms with Crippen LogP contribution in [0.2, 0.25) is 0 Å². The van der Waals surface area contributed by atoms with Gasteiger partial charge in [-0.1, -0.05) is 0 Å². The number of likely N-dealkylation sites (tertiary alicyclic amines) is 1. The number of aromatic nitrogens is 1. The molecule has 1 atom stereocenters. The summed E-state index contributed by atoms with van der Waals surface area (Å²) in [6, 6.07) is -0.262. The maximum absolute atomic E-state index is 11.8. The average molecular weight is 253 g/mol. The fourth-order valence-electron chi connectivity index (χ4n) is 1.80. The van der Waals surface area contributed by atoms with Crippen LogP contribution >= 0.6 is 11.3 Å². The molecule has 2 amide bonds. The molecular weight excluding hydrogens is 238 g/mol. The van der Waals surface area contributed by atoms with E-state index in [1.54, 1.807) is 11.3 Å². The number of thiazole rings is 1. The van der Waals surface area contributed by atoms with Crippen molar-refractivity contribution in [2.75, 3.05) is 7.05 Å². The van der Waals surface area contributed by atoms with Crippen molar-refractivity contribution in [1.29, 1.82) is 0 Å². The first-order valence-electron chi connectivity index (χ1n) is 5.52. The number of carbonyl (C=O) groups excluding carboxylic acids is 2. The second kappa shape index (κ2) is 4.93. The standard InChI is InChI=1S/C11H15N3O2S/c1-7-6-17-9(13-7)5-12-8-3-4-10(15)14(2)11(8)16/h6,8,12H,3-5H2,1-2H3. The van der Waals surface area contributed by atoms with Gasteiger partial charge in [0.15, 0.2) is 0 Å². The summed E-state index contributed by atoms with van der Waals surface area (Å²) in [5, 5.41) is 6.11. The summed E-state index contributed by atoms with van der Waals surface area (Å²) >= 11 is 1.58. The van der Waals surface area contributed by atoms with E-state index in [0.717, 1.165) is 10.7 Å². The van der Waals surface area contributed by atoms with Crippen LogP contribution in [0, 0.1) is 6.92 Å². The van der Waals surface area contributed by atoms with E-state index in [0.29, 0.717) is 19.4 Å². The van der Waals surface area contributed by atoms with Crippen molar-refractivity contribution < 1.29 is 9.59 Å². The van der Waals surface area contributed by atoms with Gasteiger partial charge in [-0.15, -0.1) is 11.3 Å². The molecule has 0 bridgehead atoms. The zero-order valence-electron chi connectivity index (χ0n) is 9.90. The highest BCUT2D eigenvalue weighted by Gasteiger charge is 2.31. The van der Waals surface area contributed by atoms with Crippen molar-refractivity contribution >= 4 is 23.2 Å². The van der Waals surface area contributed by atoms with Gasteiger partial charge in [0, 0.05) is 31.1 Å². The molecule has 1 fully saturated rings. The van der Waals surface area contributed by atoms with Crippen LogP contribution in [0.4, 0.5) is 0 Å². The number of rotatable bonds is 3. The van der Waals surface area contributed by atoms with E-state index in [2.05, 4.69) is 10.3 Å². The van der Waals surface area contributed by atoms with E-state index in [4.69, 9.17) is 0 Å². The van der Waals surface area contributed by atoms with E-state index < -0.39 is 0 Å². The summed E-state index contributed by atoms with van der Waals surface area (Å²) < 4.78 is 0. The smallest absolute Gasteiger partial charge is 0.246 e. The van der Waals surface area contributed by atoms with Crippen molar-refractivity contribution in [2.45, 2.75) is 32.4 Å². The van der Waals surface area contributed by atoms with Crippen LogP contribution < -0.4 is 5.32 Å². The largest absolute Gasteiger partial charge is 0.299 e. The third kappa shape index (κ3) is 2.70. The number of hydrogen-bond donors (Lipinski definition) is 1. The number of nitrogens with one attached hydrogen (secondary N) is 1. The molecule has 1 aromatic rings. The van der Waals surface area contributed by atoms with Gasteiger partial charge in [0.05, 0.1) is 6.04 Å². The van der Waals surface area contributed by atoms with Crippen LogP contribution in [0.1, 0.15) is 23.5 Å². The van der Waals surface area contributed by atoms with Crippen LogP contribution in [0.15, 0.2) is 5.38 Å². The highest BCUT2D eigenvalue weighted by atomic mass is 32.1. The van der Waals surface area contributed by atoms with E-state index in [9.17, 15) is 9.59 Å². The third-order valence-corrected chi connectivity index (χ3v) is 3.78. The Hall–Kier alpha value is -1.27. The molecule has 1 aliphatic rings. The van der Waals surface area contributed by atoms with E-state index in [-0.39, 0.29) is 17.9 Å². The van der Waals surface area contributed by atoms with Gasteiger partial charge in [-0.25, -0.2) is 4.98 Å². The second-order valence-corrected chi connectivity index (χ2v) is 5.09. The molecule has 0 saturated carbocycles. The summed E-state index contributed by atoms with van der Waals surface area (Å²) in [6.45, 7) is 2.52. The average Bonchev–Trinajstić information content (AvgIpc) is 2.71. The second-order valence-electron chi connectivity index (χ2n) is 4.15. The van der Waals surface area contributed by atoms with Gasteiger partial charge in [0.25, 0.3) is 0 Å². The van der Waals surface area contributed by atoms with E-state index in [1.165, 1.54) is 11.9 Å². The van der Waals surface area contributed by atoms with Gasteiger partial charge >= 0.3 is 0 Å². The predicted molar refractivity (Wildman–Crippen MR) is 64.5 cm³/mol. The zero-order valence-corrected chi connectivity index (χ0v) is 10.7. The van der Waals surface area contributed by atoms with E-state index in [1.807, 2.05) is 12.3 Å². The zero-order chi connectivity index (χ0) is 12.4. The maximum atomic E-state index is 11.8. The first kappa shape index (κ1) is 12.2. The molecule has 1 N–H and O–H groups in total. The molecule has 0 aromatic carbocycles. The highest BCUT2D eigenvalue weighted by Crippen LogP contribution is 2.13. The van der Waals surface area contributed by atoms with Crippen molar-refractivity contribution in [1.82, 2.24) is 15.2 Å². The van der Waals surface area contributed by atoms with Crippen molar-refractivity contribution in [3.63, 3.8) is 0 Å². The third-order valence-electron chi connectivity index (χ3n) is 2.82. The lowest BCUT2D eigenvalue weighted by atomic mass is 10.0. The molecule has 2 rings (SSSR count). The van der Waals surface area contributed by atoms with Crippen LogP contribution in [0.3, 0.4) is 0 Å². The Morgan fingerprint density at radius 1 is 1.59 bits per heavy atom. The van der Waals surface area contributed by atoms with E-state index >= 15 is 0 Å². The van der Waals surface area contributed by atoms with Crippen LogP contribution in [-0.4, -0.2) is 34.8 Å². The number of likely N-dealkylation sites (N-methyl/N-ethyl adjacent to an activating group) is 1. The summed E-state index contributed by atoms with van der Waals surface area (Å²) in [5.41, 5.74) is 0.995. The van der Waals surface area contributed by atoms with Gasteiger partial charge < -0.3 is 0 Å². The van der Waals surface area contributed by atoms with Gasteiger partial charge in [0.2, 0.25) is 11.8 Å². The molecule has 0 aliphatic carbocycles. The fourth-order valence-corrected chi connectivity index (χ4v) is 2.52. The molecule has 2 heterocycles. The highest BCUT2D eigenvalue weighted by molar-refractivity contribution is 7.09. The first-order valence-corrected chi connectivity index (χ1v) is 6.40. The monoisotopic (exact) mass is 253 g/mol. The first-order chi connectivity index (χ1) is 8.08. The van der Waals surface area contributed by atoms with Crippen molar-refractivity contribution in [3.05, 3.63) is 16.1 Å². The molecule has 5 nitrogen and oxygen atoms in total. The van der Waals surface area contributed by atoms with Crippen molar-refractivity contribution in [2.24, 2.45) is 0 Å². The molecule has 1 aliphatic heterocycles. The number of hydrogen-bond acceptors (Lipinski definition) is 5. The number of aryl methyl sites for hydroxylation is 1. The minimum atomic E-state index is -0.262. The van der Waals surface area contributed by atoms with Crippen LogP contribution in [0.25, 0.3) is 0 Å². The topological polar surface area (TPSA) is 62.3 Å². The molecule has 1 saturated heterocycles. The molecule has 6 heteroatoms. The van der Waals surface area contributed by atoms with Gasteiger partial charge in [-0.05, 0) is 13.3 Å². The minimum absolute atomic E-state index is 0.0989. The maximum Gasteiger partial charge on any atom is 0.246 e. The number of piperidine rings is 1. The Kier molecular flexibility index (Phi) is 3.54. The Labute approximate surface area is 104 Å².